The molecule has 2 atom stereocenters. The zero-order chi connectivity index (χ0) is 12.7. The van der Waals surface area contributed by atoms with E-state index in [1.54, 1.807) is 0 Å². The van der Waals surface area contributed by atoms with Crippen molar-refractivity contribution in [1.29, 1.82) is 0 Å². The van der Waals surface area contributed by atoms with Gasteiger partial charge in [0.25, 0.3) is 0 Å². The third-order valence-corrected chi connectivity index (χ3v) is 2.24. The first-order chi connectivity index (χ1) is 8.15. The van der Waals surface area contributed by atoms with Crippen LogP contribution in [0.15, 0.2) is 30.3 Å². The van der Waals surface area contributed by atoms with Crippen molar-refractivity contribution in [3.05, 3.63) is 35.9 Å². The summed E-state index contributed by atoms with van der Waals surface area (Å²) in [7, 11) is 0. The molecule has 0 unspecified atom stereocenters. The number of aliphatic hydroxyl groups is 3. The molecule has 0 saturated heterocycles. The lowest BCUT2D eigenvalue weighted by Gasteiger charge is -2.14. The summed E-state index contributed by atoms with van der Waals surface area (Å²) in [6.07, 6.45) is -3.06. The van der Waals surface area contributed by atoms with E-state index in [4.69, 9.17) is 14.9 Å². The molecule has 0 radical (unpaired) electrons. The molecule has 0 aliphatic rings. The van der Waals surface area contributed by atoms with Gasteiger partial charge in [0.05, 0.1) is 13.2 Å². The normalized spacial score (nSPS) is 14.3. The van der Waals surface area contributed by atoms with Gasteiger partial charge in [-0.15, -0.1) is 0 Å². The standard InChI is InChI=1S/C12H16O5/c13-6-10(14)12(16)11(15)8-17-7-9-4-2-1-3-5-9/h1-5,10,12-14,16H,6-8H2/t10-,12+/m1/s1. The van der Waals surface area contributed by atoms with Gasteiger partial charge in [-0.2, -0.15) is 0 Å². The van der Waals surface area contributed by atoms with Crippen LogP contribution in [0.3, 0.4) is 0 Å². The molecule has 0 spiro atoms. The Morgan fingerprint density at radius 1 is 1.24 bits per heavy atom. The van der Waals surface area contributed by atoms with Crippen LogP contribution in [-0.4, -0.2) is 46.5 Å². The van der Waals surface area contributed by atoms with Gasteiger partial charge in [0.2, 0.25) is 0 Å². The summed E-state index contributed by atoms with van der Waals surface area (Å²) in [5.41, 5.74) is 0.914. The first-order valence-corrected chi connectivity index (χ1v) is 5.26. The van der Waals surface area contributed by atoms with Crippen LogP contribution in [0.4, 0.5) is 0 Å². The Morgan fingerprint density at radius 3 is 2.47 bits per heavy atom. The van der Waals surface area contributed by atoms with Gasteiger partial charge < -0.3 is 20.1 Å². The van der Waals surface area contributed by atoms with E-state index in [2.05, 4.69) is 0 Å². The fraction of sp³-hybridized carbons (Fsp3) is 0.417. The topological polar surface area (TPSA) is 87.0 Å². The Morgan fingerprint density at radius 2 is 1.88 bits per heavy atom. The molecule has 1 aromatic rings. The number of hydrogen-bond acceptors (Lipinski definition) is 5. The molecule has 0 aliphatic heterocycles. The van der Waals surface area contributed by atoms with Gasteiger partial charge in [-0.1, -0.05) is 30.3 Å². The van der Waals surface area contributed by atoms with E-state index < -0.39 is 24.6 Å². The molecular weight excluding hydrogens is 224 g/mol. The second-order valence-corrected chi connectivity index (χ2v) is 3.64. The Kier molecular flexibility index (Phi) is 5.79. The van der Waals surface area contributed by atoms with E-state index >= 15 is 0 Å². The number of benzene rings is 1. The summed E-state index contributed by atoms with van der Waals surface area (Å²) in [5.74, 6) is -0.650. The fourth-order valence-electron chi connectivity index (χ4n) is 1.24. The number of hydrogen-bond donors (Lipinski definition) is 3. The maximum atomic E-state index is 11.3. The van der Waals surface area contributed by atoms with E-state index in [1.807, 2.05) is 30.3 Å². The molecule has 1 rings (SSSR count). The van der Waals surface area contributed by atoms with Crippen LogP contribution in [0.5, 0.6) is 0 Å². The largest absolute Gasteiger partial charge is 0.394 e. The highest BCUT2D eigenvalue weighted by molar-refractivity contribution is 5.84. The molecule has 0 amide bonds. The third-order valence-electron chi connectivity index (χ3n) is 2.24. The number of rotatable bonds is 7. The Hall–Kier alpha value is -1.27. The quantitative estimate of drug-likeness (QED) is 0.597. The molecule has 5 heteroatoms. The van der Waals surface area contributed by atoms with E-state index in [9.17, 15) is 9.90 Å². The molecule has 0 aliphatic carbocycles. The molecule has 0 aromatic heterocycles. The van der Waals surface area contributed by atoms with Crippen molar-refractivity contribution >= 4 is 5.78 Å². The smallest absolute Gasteiger partial charge is 0.189 e. The van der Waals surface area contributed by atoms with Crippen LogP contribution in [0.25, 0.3) is 0 Å². The second-order valence-electron chi connectivity index (χ2n) is 3.64. The van der Waals surface area contributed by atoms with E-state index in [0.29, 0.717) is 0 Å². The maximum absolute atomic E-state index is 11.3. The second kappa shape index (κ2) is 7.13. The van der Waals surface area contributed by atoms with Gasteiger partial charge >= 0.3 is 0 Å². The van der Waals surface area contributed by atoms with Crippen molar-refractivity contribution < 1.29 is 24.9 Å². The highest BCUT2D eigenvalue weighted by Crippen LogP contribution is 2.01. The number of Topliss-reactive ketones (excluding diaryl/α,β-unsaturated/α-hetero) is 1. The van der Waals surface area contributed by atoms with Crippen molar-refractivity contribution in [2.24, 2.45) is 0 Å². The molecule has 0 heterocycles. The van der Waals surface area contributed by atoms with Crippen LogP contribution < -0.4 is 0 Å². The summed E-state index contributed by atoms with van der Waals surface area (Å²) >= 11 is 0. The minimum atomic E-state index is -1.60. The number of carbonyl (C=O) groups is 1. The van der Waals surface area contributed by atoms with Crippen LogP contribution in [0.2, 0.25) is 0 Å². The zero-order valence-corrected chi connectivity index (χ0v) is 9.32. The van der Waals surface area contributed by atoms with Crippen molar-refractivity contribution in [3.8, 4) is 0 Å². The monoisotopic (exact) mass is 240 g/mol. The van der Waals surface area contributed by atoms with Gasteiger partial charge in [-0.3, -0.25) is 4.79 Å². The van der Waals surface area contributed by atoms with E-state index in [1.165, 1.54) is 0 Å². The predicted octanol–water partition coefficient (Wildman–Crippen LogP) is -0.514. The molecule has 0 saturated carbocycles. The molecule has 5 nitrogen and oxygen atoms in total. The molecule has 3 N–H and O–H groups in total. The summed E-state index contributed by atoms with van der Waals surface area (Å²) in [6, 6.07) is 9.28. The molecule has 1 aromatic carbocycles. The molecule has 0 bridgehead atoms. The minimum absolute atomic E-state index is 0.258. The van der Waals surface area contributed by atoms with Crippen molar-refractivity contribution in [1.82, 2.24) is 0 Å². The fourth-order valence-corrected chi connectivity index (χ4v) is 1.24. The molecule has 94 valence electrons. The lowest BCUT2D eigenvalue weighted by Crippen LogP contribution is -2.38. The maximum Gasteiger partial charge on any atom is 0.189 e. The molecular formula is C12H16O5. The van der Waals surface area contributed by atoms with Crippen LogP contribution in [-0.2, 0) is 16.1 Å². The highest BCUT2D eigenvalue weighted by atomic mass is 16.5. The third kappa shape index (κ3) is 4.62. The Balaban J connectivity index is 2.29. The van der Waals surface area contributed by atoms with Crippen LogP contribution >= 0.6 is 0 Å². The van der Waals surface area contributed by atoms with Gasteiger partial charge in [0.1, 0.15) is 18.8 Å². The zero-order valence-electron chi connectivity index (χ0n) is 9.32. The van der Waals surface area contributed by atoms with Crippen molar-refractivity contribution in [3.63, 3.8) is 0 Å². The summed E-state index contributed by atoms with van der Waals surface area (Å²) in [6.45, 7) is -0.701. The Bertz CT molecular complexity index is 338. The van der Waals surface area contributed by atoms with E-state index in [0.717, 1.165) is 5.56 Å². The molecule has 0 fully saturated rings. The number of ether oxygens (including phenoxy) is 1. The Labute approximate surface area is 99.3 Å². The SMILES string of the molecule is O=C(COCc1ccccc1)[C@@H](O)[C@H](O)CO. The summed E-state index contributed by atoms with van der Waals surface area (Å²) in [4.78, 5) is 11.3. The average molecular weight is 240 g/mol. The first kappa shape index (κ1) is 13.8. The van der Waals surface area contributed by atoms with E-state index in [-0.39, 0.29) is 13.2 Å². The van der Waals surface area contributed by atoms with Gasteiger partial charge in [-0.25, -0.2) is 0 Å². The van der Waals surface area contributed by atoms with Crippen LogP contribution in [0, 0.1) is 0 Å². The number of ketones is 1. The summed E-state index contributed by atoms with van der Waals surface area (Å²) in [5, 5.41) is 26.8. The highest BCUT2D eigenvalue weighted by Gasteiger charge is 2.23. The number of aliphatic hydroxyl groups excluding tert-OH is 3. The van der Waals surface area contributed by atoms with Gasteiger partial charge in [0.15, 0.2) is 5.78 Å². The minimum Gasteiger partial charge on any atom is -0.394 e. The predicted molar refractivity (Wildman–Crippen MR) is 60.2 cm³/mol. The van der Waals surface area contributed by atoms with Crippen molar-refractivity contribution in [2.45, 2.75) is 18.8 Å². The lowest BCUT2D eigenvalue weighted by atomic mass is 10.1. The van der Waals surface area contributed by atoms with Gasteiger partial charge in [0, 0.05) is 0 Å². The molecule has 17 heavy (non-hydrogen) atoms. The first-order valence-electron chi connectivity index (χ1n) is 5.26. The van der Waals surface area contributed by atoms with Crippen molar-refractivity contribution in [2.75, 3.05) is 13.2 Å². The number of carbonyl (C=O) groups excluding carboxylic acids is 1. The van der Waals surface area contributed by atoms with Crippen LogP contribution in [0.1, 0.15) is 5.56 Å². The summed E-state index contributed by atoms with van der Waals surface area (Å²) < 4.78 is 5.09. The average Bonchev–Trinajstić information content (AvgIpc) is 2.38. The van der Waals surface area contributed by atoms with Gasteiger partial charge in [-0.05, 0) is 5.56 Å². The lowest BCUT2D eigenvalue weighted by molar-refractivity contribution is -0.139.